The lowest BCUT2D eigenvalue weighted by Gasteiger charge is -2.37. The molecule has 0 atom stereocenters. The van der Waals surface area contributed by atoms with E-state index in [1.54, 1.807) is 0 Å². The molecule has 0 unspecified atom stereocenters. The molecule has 1 saturated heterocycles. The number of aromatic nitrogens is 2. The van der Waals surface area contributed by atoms with Crippen LogP contribution in [0.15, 0.2) is 30.3 Å². The molecule has 4 rings (SSSR count). The molecule has 2 aliphatic heterocycles. The fourth-order valence-electron chi connectivity index (χ4n) is 3.63. The molecule has 132 valence electrons. The van der Waals surface area contributed by atoms with Crippen LogP contribution in [0.25, 0.3) is 0 Å². The zero-order valence-corrected chi connectivity index (χ0v) is 15.1. The maximum absolute atomic E-state index is 4.91. The summed E-state index contributed by atoms with van der Waals surface area (Å²) in [5.41, 5.74) is 3.76. The SMILES string of the molecule is CN(C)c1nc(N2CCN(c3ccccc3)CC2)nc2c1CNCC2. The zero-order chi connectivity index (χ0) is 17.2. The van der Waals surface area contributed by atoms with Gasteiger partial charge in [0.05, 0.1) is 5.69 Å². The maximum atomic E-state index is 4.91. The first-order valence-corrected chi connectivity index (χ1v) is 9.05. The standard InChI is InChI=1S/C19H26N6/c1-23(2)18-16-14-20-9-8-17(16)21-19(22-18)25-12-10-24(11-13-25)15-6-4-3-5-7-15/h3-7,20H,8-14H2,1-2H3. The summed E-state index contributed by atoms with van der Waals surface area (Å²) in [6.07, 6.45) is 0.982. The molecule has 1 aromatic heterocycles. The number of fused-ring (bicyclic) bond motifs is 1. The lowest BCUT2D eigenvalue weighted by atomic mass is 10.1. The first kappa shape index (κ1) is 16.1. The molecule has 1 fully saturated rings. The first-order chi connectivity index (χ1) is 12.2. The minimum Gasteiger partial charge on any atom is -0.368 e. The normalized spacial score (nSPS) is 17.4. The molecule has 25 heavy (non-hydrogen) atoms. The van der Waals surface area contributed by atoms with Crippen molar-refractivity contribution in [3.8, 4) is 0 Å². The molecule has 2 aromatic rings. The Balaban J connectivity index is 1.54. The van der Waals surface area contributed by atoms with E-state index >= 15 is 0 Å². The number of anilines is 3. The molecule has 0 amide bonds. The van der Waals surface area contributed by atoms with Crippen molar-refractivity contribution in [2.45, 2.75) is 13.0 Å². The van der Waals surface area contributed by atoms with Crippen LogP contribution in [-0.2, 0) is 13.0 Å². The number of benzene rings is 1. The van der Waals surface area contributed by atoms with Gasteiger partial charge in [0.2, 0.25) is 5.95 Å². The van der Waals surface area contributed by atoms with Crippen LogP contribution in [0.2, 0.25) is 0 Å². The molecule has 0 spiro atoms. The predicted molar refractivity (Wildman–Crippen MR) is 103 cm³/mol. The zero-order valence-electron chi connectivity index (χ0n) is 15.1. The summed E-state index contributed by atoms with van der Waals surface area (Å²) in [5.74, 6) is 1.94. The average Bonchev–Trinajstić information content (AvgIpc) is 2.68. The largest absolute Gasteiger partial charge is 0.368 e. The first-order valence-electron chi connectivity index (χ1n) is 9.05. The second-order valence-electron chi connectivity index (χ2n) is 6.90. The summed E-state index contributed by atoms with van der Waals surface area (Å²) in [7, 11) is 4.13. The lowest BCUT2D eigenvalue weighted by molar-refractivity contribution is 0.609. The van der Waals surface area contributed by atoms with Crippen LogP contribution >= 0.6 is 0 Å². The molecular weight excluding hydrogens is 312 g/mol. The van der Waals surface area contributed by atoms with Crippen LogP contribution in [0.3, 0.4) is 0 Å². The van der Waals surface area contributed by atoms with Gasteiger partial charge in [-0.3, -0.25) is 0 Å². The van der Waals surface area contributed by atoms with Crippen LogP contribution in [-0.4, -0.2) is 56.8 Å². The van der Waals surface area contributed by atoms with Crippen molar-refractivity contribution < 1.29 is 0 Å². The van der Waals surface area contributed by atoms with Gasteiger partial charge in [-0.05, 0) is 12.1 Å². The van der Waals surface area contributed by atoms with E-state index in [4.69, 9.17) is 9.97 Å². The molecule has 6 nitrogen and oxygen atoms in total. The maximum Gasteiger partial charge on any atom is 0.227 e. The van der Waals surface area contributed by atoms with Crippen LogP contribution < -0.4 is 20.0 Å². The highest BCUT2D eigenvalue weighted by Gasteiger charge is 2.24. The molecule has 3 heterocycles. The van der Waals surface area contributed by atoms with E-state index in [1.165, 1.54) is 16.9 Å². The van der Waals surface area contributed by atoms with E-state index in [9.17, 15) is 0 Å². The van der Waals surface area contributed by atoms with E-state index in [0.29, 0.717) is 0 Å². The van der Waals surface area contributed by atoms with Crippen molar-refractivity contribution in [3.05, 3.63) is 41.6 Å². The topological polar surface area (TPSA) is 47.5 Å². The molecule has 1 aromatic carbocycles. The van der Waals surface area contributed by atoms with Crippen molar-refractivity contribution in [1.82, 2.24) is 15.3 Å². The van der Waals surface area contributed by atoms with Crippen molar-refractivity contribution in [2.75, 3.05) is 61.5 Å². The van der Waals surface area contributed by atoms with Crippen LogP contribution in [0.4, 0.5) is 17.5 Å². The smallest absolute Gasteiger partial charge is 0.227 e. The monoisotopic (exact) mass is 338 g/mol. The minimum atomic E-state index is 0.866. The minimum absolute atomic E-state index is 0.866. The van der Waals surface area contributed by atoms with E-state index in [0.717, 1.165) is 57.5 Å². The molecule has 0 bridgehead atoms. The van der Waals surface area contributed by atoms with Gasteiger partial charge < -0.3 is 20.0 Å². The van der Waals surface area contributed by atoms with Gasteiger partial charge in [-0.1, -0.05) is 18.2 Å². The number of piperazine rings is 1. The van der Waals surface area contributed by atoms with Gasteiger partial charge in [0, 0.05) is 71.0 Å². The highest BCUT2D eigenvalue weighted by Crippen LogP contribution is 2.26. The van der Waals surface area contributed by atoms with Gasteiger partial charge in [0.15, 0.2) is 0 Å². The summed E-state index contributed by atoms with van der Waals surface area (Å²) < 4.78 is 0. The van der Waals surface area contributed by atoms with Gasteiger partial charge in [0.25, 0.3) is 0 Å². The van der Waals surface area contributed by atoms with Gasteiger partial charge in [-0.25, -0.2) is 4.98 Å². The number of nitrogens with zero attached hydrogens (tertiary/aromatic N) is 5. The molecule has 0 radical (unpaired) electrons. The number of nitrogens with one attached hydrogen (secondary N) is 1. The number of para-hydroxylation sites is 1. The summed E-state index contributed by atoms with van der Waals surface area (Å²) in [5, 5.41) is 3.43. The Hall–Kier alpha value is -2.34. The van der Waals surface area contributed by atoms with Crippen molar-refractivity contribution in [3.63, 3.8) is 0 Å². The highest BCUT2D eigenvalue weighted by atomic mass is 15.3. The molecule has 0 saturated carbocycles. The Morgan fingerprint density at radius 3 is 2.40 bits per heavy atom. The Morgan fingerprint density at radius 1 is 0.960 bits per heavy atom. The third-order valence-corrected chi connectivity index (χ3v) is 5.01. The number of hydrogen-bond donors (Lipinski definition) is 1. The molecular formula is C19H26N6. The van der Waals surface area contributed by atoms with Crippen molar-refractivity contribution in [2.24, 2.45) is 0 Å². The molecule has 0 aliphatic carbocycles. The second kappa shape index (κ2) is 6.88. The average molecular weight is 338 g/mol. The third-order valence-electron chi connectivity index (χ3n) is 5.01. The third kappa shape index (κ3) is 3.26. The Bertz CT molecular complexity index is 722. The summed E-state index contributed by atoms with van der Waals surface area (Å²) in [4.78, 5) is 16.7. The van der Waals surface area contributed by atoms with E-state index < -0.39 is 0 Å². The van der Waals surface area contributed by atoms with Crippen molar-refractivity contribution >= 4 is 17.5 Å². The van der Waals surface area contributed by atoms with Gasteiger partial charge >= 0.3 is 0 Å². The number of rotatable bonds is 3. The van der Waals surface area contributed by atoms with Crippen LogP contribution in [0, 0.1) is 0 Å². The second-order valence-corrected chi connectivity index (χ2v) is 6.90. The summed E-state index contributed by atoms with van der Waals surface area (Å²) >= 11 is 0. The van der Waals surface area contributed by atoms with Crippen LogP contribution in [0.5, 0.6) is 0 Å². The highest BCUT2D eigenvalue weighted by molar-refractivity contribution is 5.54. The van der Waals surface area contributed by atoms with Gasteiger partial charge in [-0.2, -0.15) is 4.98 Å². The van der Waals surface area contributed by atoms with E-state index in [-0.39, 0.29) is 0 Å². The summed E-state index contributed by atoms with van der Waals surface area (Å²) in [6, 6.07) is 10.6. The lowest BCUT2D eigenvalue weighted by Crippen LogP contribution is -2.47. The van der Waals surface area contributed by atoms with Gasteiger partial charge in [0.1, 0.15) is 5.82 Å². The van der Waals surface area contributed by atoms with Gasteiger partial charge in [-0.15, -0.1) is 0 Å². The number of hydrogen-bond acceptors (Lipinski definition) is 6. The molecule has 1 N–H and O–H groups in total. The van der Waals surface area contributed by atoms with Crippen LogP contribution in [0.1, 0.15) is 11.3 Å². The fraction of sp³-hybridized carbons (Fsp3) is 0.474. The van der Waals surface area contributed by atoms with Crippen molar-refractivity contribution in [1.29, 1.82) is 0 Å². The Morgan fingerprint density at radius 2 is 1.68 bits per heavy atom. The Labute approximate surface area is 149 Å². The summed E-state index contributed by atoms with van der Waals surface area (Å²) in [6.45, 7) is 5.78. The molecule has 6 heteroatoms. The van der Waals surface area contributed by atoms with E-state index in [2.05, 4.69) is 64.4 Å². The van der Waals surface area contributed by atoms with E-state index in [1.807, 2.05) is 0 Å². The fourth-order valence-corrected chi connectivity index (χ4v) is 3.63. The Kier molecular flexibility index (Phi) is 4.44. The molecule has 2 aliphatic rings. The quantitative estimate of drug-likeness (QED) is 0.916. The predicted octanol–water partition coefficient (Wildman–Crippen LogP) is 1.51.